The third-order valence-electron chi connectivity index (χ3n) is 2.78. The molecule has 0 spiro atoms. The molecule has 2 N–H and O–H groups in total. The van der Waals surface area contributed by atoms with Gasteiger partial charge in [0.25, 0.3) is 0 Å². The van der Waals surface area contributed by atoms with Gasteiger partial charge in [0.2, 0.25) is 5.89 Å². The smallest absolute Gasteiger partial charge is 0.315 e. The summed E-state index contributed by atoms with van der Waals surface area (Å²) in [6.07, 6.45) is 0. The lowest BCUT2D eigenvalue weighted by Gasteiger charge is -2.19. The van der Waals surface area contributed by atoms with Crippen LogP contribution in [0, 0.1) is 5.92 Å². The summed E-state index contributed by atoms with van der Waals surface area (Å²) in [6.45, 7) is 9.75. The minimum atomic E-state index is 0.0676. The number of ether oxygens (including phenoxy) is 1. The molecule has 1 aromatic rings. The molecule has 2 unspecified atom stereocenters. The molecule has 0 saturated carbocycles. The Morgan fingerprint density at radius 3 is 2.56 bits per heavy atom. The SMILES string of the molecule is CCNC(C)c1nnc(NC(COC)C(C)C)o1. The normalized spacial score (nSPS) is 14.8. The average Bonchev–Trinajstić information content (AvgIpc) is 2.77. The molecule has 1 rings (SSSR count). The van der Waals surface area contributed by atoms with Gasteiger partial charge in [0.05, 0.1) is 18.7 Å². The fourth-order valence-corrected chi connectivity index (χ4v) is 1.60. The molecule has 0 aromatic carbocycles. The van der Waals surface area contributed by atoms with Crippen molar-refractivity contribution in [3.63, 3.8) is 0 Å². The third kappa shape index (κ3) is 4.27. The first-order valence-electron chi connectivity index (χ1n) is 6.40. The van der Waals surface area contributed by atoms with Crippen molar-refractivity contribution in [2.24, 2.45) is 5.92 Å². The molecule has 6 heteroatoms. The summed E-state index contributed by atoms with van der Waals surface area (Å²) < 4.78 is 10.7. The van der Waals surface area contributed by atoms with Crippen LogP contribution in [0.5, 0.6) is 0 Å². The van der Waals surface area contributed by atoms with Crippen molar-refractivity contribution < 1.29 is 9.15 Å². The van der Waals surface area contributed by atoms with Gasteiger partial charge in [-0.3, -0.25) is 0 Å². The first kappa shape index (κ1) is 14.9. The second kappa shape index (κ2) is 7.33. The highest BCUT2D eigenvalue weighted by molar-refractivity contribution is 5.20. The molecule has 0 amide bonds. The lowest BCUT2D eigenvalue weighted by Crippen LogP contribution is -2.30. The van der Waals surface area contributed by atoms with Gasteiger partial charge in [-0.1, -0.05) is 25.9 Å². The molecular weight excluding hydrogens is 232 g/mol. The Kier molecular flexibility index (Phi) is 6.07. The zero-order valence-electron chi connectivity index (χ0n) is 11.9. The first-order chi connectivity index (χ1) is 8.58. The van der Waals surface area contributed by atoms with E-state index in [0.29, 0.717) is 24.4 Å². The minimum Gasteiger partial charge on any atom is -0.406 e. The van der Waals surface area contributed by atoms with Gasteiger partial charge < -0.3 is 19.8 Å². The summed E-state index contributed by atoms with van der Waals surface area (Å²) in [5.74, 6) is 1.02. The van der Waals surface area contributed by atoms with E-state index in [9.17, 15) is 0 Å². The summed E-state index contributed by atoms with van der Waals surface area (Å²) in [5.41, 5.74) is 0. The minimum absolute atomic E-state index is 0.0676. The molecular formula is C12H24N4O2. The van der Waals surface area contributed by atoms with E-state index in [1.165, 1.54) is 0 Å². The van der Waals surface area contributed by atoms with Crippen LogP contribution in [-0.4, -0.2) is 36.5 Å². The lowest BCUT2D eigenvalue weighted by atomic mass is 10.1. The molecule has 0 aliphatic carbocycles. The van der Waals surface area contributed by atoms with Crippen molar-refractivity contribution in [1.29, 1.82) is 0 Å². The average molecular weight is 256 g/mol. The largest absolute Gasteiger partial charge is 0.406 e. The Hall–Kier alpha value is -1.14. The van der Waals surface area contributed by atoms with Gasteiger partial charge in [-0.05, 0) is 19.4 Å². The Labute approximate surface area is 108 Å². The van der Waals surface area contributed by atoms with Gasteiger partial charge in [0, 0.05) is 7.11 Å². The fourth-order valence-electron chi connectivity index (χ4n) is 1.60. The highest BCUT2D eigenvalue weighted by Crippen LogP contribution is 2.16. The maximum absolute atomic E-state index is 5.57. The first-order valence-corrected chi connectivity index (χ1v) is 6.40. The van der Waals surface area contributed by atoms with E-state index in [0.717, 1.165) is 6.54 Å². The van der Waals surface area contributed by atoms with Gasteiger partial charge in [-0.25, -0.2) is 0 Å². The van der Waals surface area contributed by atoms with Crippen LogP contribution in [0.2, 0.25) is 0 Å². The molecule has 0 saturated heterocycles. The molecule has 0 aliphatic rings. The van der Waals surface area contributed by atoms with E-state index >= 15 is 0 Å². The molecule has 104 valence electrons. The summed E-state index contributed by atoms with van der Waals surface area (Å²) in [6, 6.07) is 0.682. The second-order valence-electron chi connectivity index (χ2n) is 4.68. The Morgan fingerprint density at radius 2 is 2.00 bits per heavy atom. The molecule has 1 aromatic heterocycles. The van der Waals surface area contributed by atoms with Gasteiger partial charge in [-0.2, -0.15) is 0 Å². The number of nitrogens with zero attached hydrogens (tertiary/aromatic N) is 2. The molecule has 0 fully saturated rings. The van der Waals surface area contributed by atoms with E-state index in [1.54, 1.807) is 7.11 Å². The van der Waals surface area contributed by atoms with E-state index < -0.39 is 0 Å². The summed E-state index contributed by atoms with van der Waals surface area (Å²) in [5, 5.41) is 14.5. The van der Waals surface area contributed by atoms with Crippen LogP contribution in [0.15, 0.2) is 4.42 Å². The van der Waals surface area contributed by atoms with Gasteiger partial charge in [-0.15, -0.1) is 5.10 Å². The maximum atomic E-state index is 5.57. The van der Waals surface area contributed by atoms with Crippen LogP contribution < -0.4 is 10.6 Å². The van der Waals surface area contributed by atoms with E-state index in [-0.39, 0.29) is 12.1 Å². The Balaban J connectivity index is 2.61. The standard InChI is InChI=1S/C12H24N4O2/c1-6-13-9(4)11-15-16-12(18-11)14-10(7-17-5)8(2)3/h8-10,13H,6-7H2,1-5H3,(H,14,16). The van der Waals surface area contributed by atoms with E-state index in [2.05, 4.69) is 34.7 Å². The van der Waals surface area contributed by atoms with Crippen LogP contribution in [-0.2, 0) is 4.74 Å². The summed E-state index contributed by atoms with van der Waals surface area (Å²) in [4.78, 5) is 0. The van der Waals surface area contributed by atoms with Crippen LogP contribution >= 0.6 is 0 Å². The topological polar surface area (TPSA) is 72.2 Å². The number of aromatic nitrogens is 2. The highest BCUT2D eigenvalue weighted by Gasteiger charge is 2.18. The van der Waals surface area contributed by atoms with Crippen LogP contribution in [0.1, 0.15) is 39.6 Å². The van der Waals surface area contributed by atoms with Crippen molar-refractivity contribution in [3.8, 4) is 0 Å². The van der Waals surface area contributed by atoms with Crippen LogP contribution in [0.4, 0.5) is 6.01 Å². The number of rotatable bonds is 8. The number of hydrogen-bond acceptors (Lipinski definition) is 6. The fraction of sp³-hybridized carbons (Fsp3) is 0.833. The zero-order chi connectivity index (χ0) is 13.5. The highest BCUT2D eigenvalue weighted by atomic mass is 16.5. The Morgan fingerprint density at radius 1 is 1.28 bits per heavy atom. The van der Waals surface area contributed by atoms with Gasteiger partial charge in [0.1, 0.15) is 0 Å². The summed E-state index contributed by atoms with van der Waals surface area (Å²) in [7, 11) is 1.68. The van der Waals surface area contributed by atoms with Crippen molar-refractivity contribution >= 4 is 6.01 Å². The van der Waals surface area contributed by atoms with E-state index in [4.69, 9.17) is 9.15 Å². The maximum Gasteiger partial charge on any atom is 0.315 e. The number of hydrogen-bond donors (Lipinski definition) is 2. The third-order valence-corrected chi connectivity index (χ3v) is 2.78. The predicted molar refractivity (Wildman–Crippen MR) is 70.5 cm³/mol. The molecule has 0 aliphatic heterocycles. The molecule has 0 radical (unpaired) electrons. The van der Waals surface area contributed by atoms with Gasteiger partial charge >= 0.3 is 6.01 Å². The lowest BCUT2D eigenvalue weighted by molar-refractivity contribution is 0.170. The van der Waals surface area contributed by atoms with Crippen LogP contribution in [0.3, 0.4) is 0 Å². The molecule has 6 nitrogen and oxygen atoms in total. The van der Waals surface area contributed by atoms with Crippen molar-refractivity contribution in [2.45, 2.75) is 39.8 Å². The number of methoxy groups -OCH3 is 1. The molecule has 1 heterocycles. The molecule has 18 heavy (non-hydrogen) atoms. The summed E-state index contributed by atoms with van der Waals surface area (Å²) >= 11 is 0. The number of nitrogens with one attached hydrogen (secondary N) is 2. The predicted octanol–water partition coefficient (Wildman–Crippen LogP) is 1.82. The quantitative estimate of drug-likeness (QED) is 0.739. The van der Waals surface area contributed by atoms with Crippen LogP contribution in [0.25, 0.3) is 0 Å². The second-order valence-corrected chi connectivity index (χ2v) is 4.68. The Bertz CT molecular complexity index is 341. The van der Waals surface area contributed by atoms with E-state index in [1.807, 2.05) is 13.8 Å². The van der Waals surface area contributed by atoms with Crippen molar-refractivity contribution in [3.05, 3.63) is 5.89 Å². The molecule has 0 bridgehead atoms. The number of anilines is 1. The molecule has 2 atom stereocenters. The van der Waals surface area contributed by atoms with Gasteiger partial charge in [0.15, 0.2) is 0 Å². The van der Waals surface area contributed by atoms with Crippen molar-refractivity contribution in [2.75, 3.05) is 25.6 Å². The monoisotopic (exact) mass is 256 g/mol. The zero-order valence-corrected chi connectivity index (χ0v) is 11.9. The van der Waals surface area contributed by atoms with Crippen molar-refractivity contribution in [1.82, 2.24) is 15.5 Å².